The largest absolute Gasteiger partial charge is 0.358 e. The van der Waals surface area contributed by atoms with Crippen LogP contribution < -0.4 is 5.32 Å². The number of benzene rings is 2. The van der Waals surface area contributed by atoms with Gasteiger partial charge in [-0.2, -0.15) is 0 Å². The van der Waals surface area contributed by atoms with E-state index in [1.54, 1.807) is 12.1 Å². The van der Waals surface area contributed by atoms with Gasteiger partial charge in [-0.25, -0.2) is 4.39 Å². The third-order valence-corrected chi connectivity index (χ3v) is 13.1. The summed E-state index contributed by atoms with van der Waals surface area (Å²) in [5.74, 6) is 2.23. The zero-order chi connectivity index (χ0) is 31.1. The van der Waals surface area contributed by atoms with E-state index in [4.69, 9.17) is 0 Å². The predicted molar refractivity (Wildman–Crippen MR) is 175 cm³/mol. The van der Waals surface area contributed by atoms with Crippen LogP contribution in [0.4, 0.5) is 4.39 Å². The third kappa shape index (κ3) is 4.76. The SMILES string of the molecule is Cc1[nH]c2ccccc2c1[C@@H]1[C@@H](CC(=O)N(Cc2ccccc2F)C2(C(=O)NC34CC5CC(CC(C5)C3)C4)CCCC2)C1(C)C. The highest BCUT2D eigenvalue weighted by Gasteiger charge is 2.61. The Kier molecular flexibility index (Phi) is 6.79. The highest BCUT2D eigenvalue weighted by atomic mass is 19.1. The van der Waals surface area contributed by atoms with Crippen molar-refractivity contribution < 1.29 is 14.0 Å². The number of nitrogens with one attached hydrogen (secondary N) is 2. The first-order valence-electron chi connectivity index (χ1n) is 17.5. The molecular weight excluding hydrogens is 561 g/mol. The normalized spacial score (nSPS) is 32.1. The Morgan fingerprint density at radius 1 is 0.933 bits per heavy atom. The molecule has 0 unspecified atom stereocenters. The lowest BCUT2D eigenvalue weighted by atomic mass is 9.53. The first kappa shape index (κ1) is 29.3. The summed E-state index contributed by atoms with van der Waals surface area (Å²) in [5.41, 5.74) is 2.96. The van der Waals surface area contributed by atoms with E-state index in [0.29, 0.717) is 42.6 Å². The monoisotopic (exact) mass is 609 g/mol. The lowest BCUT2D eigenvalue weighted by molar-refractivity contribution is -0.152. The highest BCUT2D eigenvalue weighted by Crippen LogP contribution is 2.67. The maximum Gasteiger partial charge on any atom is 0.246 e. The fourth-order valence-corrected chi connectivity index (χ4v) is 11.2. The van der Waals surface area contributed by atoms with Crippen LogP contribution in [0.15, 0.2) is 48.5 Å². The molecule has 6 heteroatoms. The first-order chi connectivity index (χ1) is 21.6. The van der Waals surface area contributed by atoms with Crippen molar-refractivity contribution in [1.82, 2.24) is 15.2 Å². The summed E-state index contributed by atoms with van der Waals surface area (Å²) < 4.78 is 15.2. The fraction of sp³-hybridized carbons (Fsp3) is 0.590. The topological polar surface area (TPSA) is 65.2 Å². The Bertz CT molecular complexity index is 1610. The lowest BCUT2D eigenvalue weighted by Crippen LogP contribution is -2.66. The number of hydrogen-bond donors (Lipinski definition) is 2. The molecule has 0 aliphatic heterocycles. The van der Waals surface area contributed by atoms with Crippen LogP contribution in [0.25, 0.3) is 10.9 Å². The highest BCUT2D eigenvalue weighted by molar-refractivity contribution is 5.93. The number of amides is 2. The number of hydrogen-bond acceptors (Lipinski definition) is 2. The molecule has 6 saturated carbocycles. The third-order valence-electron chi connectivity index (χ3n) is 13.1. The molecule has 4 bridgehead atoms. The molecule has 2 aromatic carbocycles. The summed E-state index contributed by atoms with van der Waals surface area (Å²) >= 11 is 0. The number of rotatable bonds is 8. The molecule has 0 radical (unpaired) electrons. The summed E-state index contributed by atoms with van der Waals surface area (Å²) in [6.45, 7) is 6.80. The van der Waals surface area contributed by atoms with E-state index < -0.39 is 5.54 Å². The van der Waals surface area contributed by atoms with Crippen LogP contribution in [-0.2, 0) is 16.1 Å². The molecule has 5 nitrogen and oxygen atoms in total. The summed E-state index contributed by atoms with van der Waals surface area (Å²) in [7, 11) is 0. The van der Waals surface area contributed by atoms with Gasteiger partial charge in [0.05, 0.1) is 0 Å². The number of para-hydroxylation sites is 1. The van der Waals surface area contributed by atoms with Gasteiger partial charge in [-0.1, -0.05) is 63.1 Å². The van der Waals surface area contributed by atoms with Gasteiger partial charge in [0.25, 0.3) is 0 Å². The van der Waals surface area contributed by atoms with Crippen LogP contribution >= 0.6 is 0 Å². The van der Waals surface area contributed by atoms with Crippen LogP contribution in [-0.4, -0.2) is 32.8 Å². The number of H-pyrrole nitrogens is 1. The lowest BCUT2D eigenvalue weighted by Gasteiger charge is -2.57. The van der Waals surface area contributed by atoms with E-state index in [2.05, 4.69) is 55.3 Å². The van der Waals surface area contributed by atoms with Gasteiger partial charge >= 0.3 is 0 Å². The zero-order valence-corrected chi connectivity index (χ0v) is 27.1. The van der Waals surface area contributed by atoms with Gasteiger partial charge in [-0.05, 0) is 111 Å². The number of halogens is 1. The average Bonchev–Trinajstić information content (AvgIpc) is 3.33. The molecule has 9 rings (SSSR count). The minimum absolute atomic E-state index is 0.0149. The molecule has 0 saturated heterocycles. The van der Waals surface area contributed by atoms with E-state index in [0.717, 1.165) is 43.3 Å². The molecule has 6 aliphatic carbocycles. The number of fused-ring (bicyclic) bond motifs is 1. The Balaban J connectivity index is 1.11. The standard InChI is InChI=1S/C39H48FN3O2/c1-24-34(29-11-5-7-13-32(29)41-24)35-30(37(35,2)3)19-33(44)43(23-28-10-4-6-12-31(28)40)39(14-8-9-15-39)36(45)42-38-20-25-16-26(21-38)18-27(17-25)22-38/h4-7,10-13,25-27,30,35,41H,8-9,14-23H2,1-3H3,(H,42,45)/t25?,26?,27?,30-,35+,38?/m1/s1. The number of nitrogens with zero attached hydrogens (tertiary/aromatic N) is 1. The van der Waals surface area contributed by atoms with Crippen LogP contribution in [0.5, 0.6) is 0 Å². The number of aromatic amines is 1. The van der Waals surface area contributed by atoms with Gasteiger partial charge in [0, 0.05) is 40.7 Å². The maximum atomic E-state index is 15.2. The van der Waals surface area contributed by atoms with Crippen molar-refractivity contribution >= 4 is 22.7 Å². The number of aromatic nitrogens is 1. The van der Waals surface area contributed by atoms with Gasteiger partial charge in [0.15, 0.2) is 0 Å². The molecule has 0 spiro atoms. The van der Waals surface area contributed by atoms with Crippen molar-refractivity contribution in [2.75, 3.05) is 0 Å². The smallest absolute Gasteiger partial charge is 0.246 e. The molecule has 2 N–H and O–H groups in total. The quantitative estimate of drug-likeness (QED) is 0.271. The van der Waals surface area contributed by atoms with Crippen molar-refractivity contribution in [3.8, 4) is 0 Å². The molecular formula is C39H48FN3O2. The van der Waals surface area contributed by atoms with Gasteiger partial charge in [-0.15, -0.1) is 0 Å². The minimum atomic E-state index is -0.937. The molecule has 238 valence electrons. The number of carbonyl (C=O) groups is 2. The Hall–Kier alpha value is -3.15. The van der Waals surface area contributed by atoms with Crippen molar-refractivity contribution in [2.24, 2.45) is 29.1 Å². The number of aryl methyl sites for hydroxylation is 1. The van der Waals surface area contributed by atoms with E-state index in [1.165, 1.54) is 36.3 Å². The van der Waals surface area contributed by atoms with Crippen LogP contribution in [0.2, 0.25) is 0 Å². The number of carbonyl (C=O) groups excluding carboxylic acids is 2. The van der Waals surface area contributed by atoms with Crippen molar-refractivity contribution in [2.45, 2.75) is 115 Å². The Morgan fingerprint density at radius 2 is 1.56 bits per heavy atom. The van der Waals surface area contributed by atoms with Gasteiger partial charge in [-0.3, -0.25) is 9.59 Å². The molecule has 2 atom stereocenters. The maximum absolute atomic E-state index is 15.2. The second-order valence-corrected chi connectivity index (χ2v) is 16.3. The second kappa shape index (κ2) is 10.4. The van der Waals surface area contributed by atoms with Crippen molar-refractivity contribution in [3.63, 3.8) is 0 Å². The Labute approximate surface area is 266 Å². The van der Waals surface area contributed by atoms with E-state index in [9.17, 15) is 9.59 Å². The van der Waals surface area contributed by atoms with E-state index in [1.807, 2.05) is 11.0 Å². The fourth-order valence-electron chi connectivity index (χ4n) is 11.2. The van der Waals surface area contributed by atoms with Crippen LogP contribution in [0, 0.1) is 41.8 Å². The van der Waals surface area contributed by atoms with Gasteiger partial charge in [0.1, 0.15) is 11.4 Å². The first-order valence-corrected chi connectivity index (χ1v) is 17.5. The van der Waals surface area contributed by atoms with E-state index >= 15 is 4.39 Å². The molecule has 1 heterocycles. The summed E-state index contributed by atoms with van der Waals surface area (Å²) in [6.07, 6.45) is 10.6. The summed E-state index contributed by atoms with van der Waals surface area (Å²) in [6, 6.07) is 15.2. The van der Waals surface area contributed by atoms with Crippen LogP contribution in [0.3, 0.4) is 0 Å². The molecule has 2 amide bonds. The summed E-state index contributed by atoms with van der Waals surface area (Å²) in [5, 5.41) is 4.89. The predicted octanol–water partition coefficient (Wildman–Crippen LogP) is 8.17. The summed E-state index contributed by atoms with van der Waals surface area (Å²) in [4.78, 5) is 34.9. The molecule has 6 aliphatic rings. The Morgan fingerprint density at radius 3 is 2.22 bits per heavy atom. The van der Waals surface area contributed by atoms with Gasteiger partial charge < -0.3 is 15.2 Å². The molecule has 3 aromatic rings. The van der Waals surface area contributed by atoms with Crippen molar-refractivity contribution in [1.29, 1.82) is 0 Å². The van der Waals surface area contributed by atoms with Crippen LogP contribution in [0.1, 0.15) is 107 Å². The molecule has 1 aromatic heterocycles. The van der Waals surface area contributed by atoms with Gasteiger partial charge in [0.2, 0.25) is 11.8 Å². The van der Waals surface area contributed by atoms with E-state index in [-0.39, 0.29) is 47.0 Å². The van der Waals surface area contributed by atoms with Crippen molar-refractivity contribution in [3.05, 3.63) is 71.2 Å². The molecule has 45 heavy (non-hydrogen) atoms. The average molecular weight is 610 g/mol. The minimum Gasteiger partial charge on any atom is -0.358 e. The second-order valence-electron chi connectivity index (χ2n) is 16.3. The zero-order valence-electron chi connectivity index (χ0n) is 27.1. The molecule has 6 fully saturated rings.